The van der Waals surface area contributed by atoms with E-state index in [2.05, 4.69) is 4.98 Å². The molecule has 2 nitrogen and oxygen atoms in total. The van der Waals surface area contributed by atoms with Gasteiger partial charge in [-0.25, -0.2) is 4.39 Å². The van der Waals surface area contributed by atoms with Crippen LogP contribution >= 0.6 is 0 Å². The molecule has 0 bridgehead atoms. The summed E-state index contributed by atoms with van der Waals surface area (Å²) in [6, 6.07) is 5.94. The van der Waals surface area contributed by atoms with E-state index in [1.54, 1.807) is 24.5 Å². The summed E-state index contributed by atoms with van der Waals surface area (Å²) in [7, 11) is 0. The molecule has 0 N–H and O–H groups in total. The highest BCUT2D eigenvalue weighted by Crippen LogP contribution is 2.19. The Hall–Kier alpha value is -2.05. The first-order chi connectivity index (χ1) is 9.47. The molecule has 1 aromatic heterocycles. The SMILES string of the molecule is Fc1ccc(OCCc2cccnc2)c([B-](F)(F)F)c1. The number of nitrogens with zero attached hydrogens (tertiary/aromatic N) is 1. The summed E-state index contributed by atoms with van der Waals surface area (Å²) < 4.78 is 56.4. The lowest BCUT2D eigenvalue weighted by atomic mass is 9.79. The number of aromatic nitrogens is 1. The third kappa shape index (κ3) is 3.72. The van der Waals surface area contributed by atoms with Crippen LogP contribution in [0.15, 0.2) is 42.7 Å². The summed E-state index contributed by atoms with van der Waals surface area (Å²) in [5.74, 6) is -1.28. The molecule has 0 aliphatic rings. The molecule has 106 valence electrons. The molecular formula is C13H11BF4NO-. The Morgan fingerprint density at radius 3 is 2.60 bits per heavy atom. The van der Waals surface area contributed by atoms with Crippen molar-refractivity contribution < 1.29 is 22.1 Å². The van der Waals surface area contributed by atoms with Crippen LogP contribution in [0.3, 0.4) is 0 Å². The normalized spacial score (nSPS) is 11.4. The smallest absolute Gasteiger partial charge is 0.496 e. The Balaban J connectivity index is 2.06. The van der Waals surface area contributed by atoms with Crippen LogP contribution in [0.1, 0.15) is 5.56 Å². The van der Waals surface area contributed by atoms with Crippen LogP contribution in [0.5, 0.6) is 5.75 Å². The van der Waals surface area contributed by atoms with Crippen molar-refractivity contribution >= 4 is 12.4 Å². The average molecular weight is 284 g/mol. The van der Waals surface area contributed by atoms with E-state index in [9.17, 15) is 17.3 Å². The van der Waals surface area contributed by atoms with Crippen LogP contribution in [0, 0.1) is 5.82 Å². The minimum absolute atomic E-state index is 0.0660. The van der Waals surface area contributed by atoms with Crippen molar-refractivity contribution in [3.63, 3.8) is 0 Å². The summed E-state index contributed by atoms with van der Waals surface area (Å²) >= 11 is 0. The van der Waals surface area contributed by atoms with Crippen molar-refractivity contribution in [2.75, 3.05) is 6.61 Å². The van der Waals surface area contributed by atoms with Crippen molar-refractivity contribution in [2.24, 2.45) is 0 Å². The zero-order chi connectivity index (χ0) is 14.6. The van der Waals surface area contributed by atoms with Gasteiger partial charge in [0.2, 0.25) is 0 Å². The maximum absolute atomic E-state index is 12.9. The molecule has 2 aromatic rings. The van der Waals surface area contributed by atoms with Gasteiger partial charge in [0.15, 0.2) is 0 Å². The van der Waals surface area contributed by atoms with Crippen LogP contribution < -0.4 is 10.2 Å². The fourth-order valence-electron chi connectivity index (χ4n) is 1.73. The summed E-state index contributed by atoms with van der Waals surface area (Å²) in [5.41, 5.74) is -0.190. The summed E-state index contributed by atoms with van der Waals surface area (Å²) in [5, 5.41) is 0. The van der Waals surface area contributed by atoms with Crippen molar-refractivity contribution in [3.8, 4) is 5.75 Å². The van der Waals surface area contributed by atoms with Gasteiger partial charge in [0, 0.05) is 18.8 Å². The molecule has 0 unspecified atom stereocenters. The van der Waals surface area contributed by atoms with Crippen LogP contribution in [0.4, 0.5) is 17.3 Å². The molecule has 0 fully saturated rings. The number of hydrogen-bond donors (Lipinski definition) is 0. The molecule has 0 saturated heterocycles. The van der Waals surface area contributed by atoms with E-state index in [0.29, 0.717) is 12.5 Å². The van der Waals surface area contributed by atoms with Crippen LogP contribution in [0.2, 0.25) is 0 Å². The largest absolute Gasteiger partial charge is 0.513 e. The second-order valence-electron chi connectivity index (χ2n) is 4.22. The van der Waals surface area contributed by atoms with E-state index >= 15 is 0 Å². The first kappa shape index (κ1) is 14.4. The van der Waals surface area contributed by atoms with Gasteiger partial charge in [-0.3, -0.25) is 4.98 Å². The van der Waals surface area contributed by atoms with Gasteiger partial charge < -0.3 is 17.7 Å². The van der Waals surface area contributed by atoms with Crippen LogP contribution in [-0.2, 0) is 6.42 Å². The van der Waals surface area contributed by atoms with E-state index < -0.39 is 18.3 Å². The topological polar surface area (TPSA) is 22.1 Å². The molecule has 7 heteroatoms. The highest BCUT2D eigenvalue weighted by molar-refractivity contribution is 6.74. The van der Waals surface area contributed by atoms with E-state index in [4.69, 9.17) is 4.74 Å². The molecule has 0 atom stereocenters. The van der Waals surface area contributed by atoms with E-state index in [0.717, 1.165) is 17.7 Å². The second-order valence-corrected chi connectivity index (χ2v) is 4.22. The Labute approximate surface area is 113 Å². The van der Waals surface area contributed by atoms with Gasteiger partial charge in [0.1, 0.15) is 5.82 Å². The quantitative estimate of drug-likeness (QED) is 0.622. The van der Waals surface area contributed by atoms with E-state index in [1.807, 2.05) is 0 Å². The number of hydrogen-bond acceptors (Lipinski definition) is 2. The van der Waals surface area contributed by atoms with E-state index in [1.165, 1.54) is 0 Å². The lowest BCUT2D eigenvalue weighted by molar-refractivity contribution is 0.322. The fraction of sp³-hybridized carbons (Fsp3) is 0.154. The zero-order valence-corrected chi connectivity index (χ0v) is 10.4. The first-order valence-corrected chi connectivity index (χ1v) is 5.98. The lowest BCUT2D eigenvalue weighted by Crippen LogP contribution is -2.35. The number of halogens is 4. The maximum atomic E-state index is 12.9. The monoisotopic (exact) mass is 284 g/mol. The lowest BCUT2D eigenvalue weighted by Gasteiger charge is -2.19. The third-order valence-corrected chi connectivity index (χ3v) is 2.70. The van der Waals surface area contributed by atoms with Crippen LogP contribution in [-0.4, -0.2) is 18.6 Å². The highest BCUT2D eigenvalue weighted by atomic mass is 19.4. The Kier molecular flexibility index (Phi) is 4.27. The number of ether oxygens (including phenoxy) is 1. The summed E-state index contributed by atoms with van der Waals surface area (Å²) in [4.78, 5) is 3.90. The number of pyridine rings is 1. The predicted octanol–water partition coefficient (Wildman–Crippen LogP) is 2.90. The third-order valence-electron chi connectivity index (χ3n) is 2.70. The molecular weight excluding hydrogens is 273 g/mol. The second kappa shape index (κ2) is 5.94. The molecule has 0 aliphatic carbocycles. The maximum Gasteiger partial charge on any atom is 0.513 e. The van der Waals surface area contributed by atoms with Gasteiger partial charge in [0.05, 0.1) is 12.4 Å². The van der Waals surface area contributed by atoms with Gasteiger partial charge >= 0.3 is 6.98 Å². The Morgan fingerprint density at radius 1 is 1.15 bits per heavy atom. The van der Waals surface area contributed by atoms with E-state index in [-0.39, 0.29) is 12.4 Å². The molecule has 0 amide bonds. The molecule has 0 radical (unpaired) electrons. The minimum Gasteiger partial charge on any atom is -0.496 e. The number of rotatable bonds is 5. The van der Waals surface area contributed by atoms with Gasteiger partial charge in [-0.15, -0.1) is 0 Å². The standard InChI is InChI=1S/C13H11BF4NO/c15-11-3-4-13(12(8-11)14(16,17)18)20-7-5-10-2-1-6-19-9-10/h1-4,6,8-9H,5,7H2/q-1. The molecule has 0 aliphatic heterocycles. The summed E-state index contributed by atoms with van der Waals surface area (Å²) in [6.07, 6.45) is 3.65. The highest BCUT2D eigenvalue weighted by Gasteiger charge is 2.29. The van der Waals surface area contributed by atoms with Gasteiger partial charge in [0.25, 0.3) is 0 Å². The number of benzene rings is 1. The van der Waals surface area contributed by atoms with Gasteiger partial charge in [-0.1, -0.05) is 11.5 Å². The molecule has 2 rings (SSSR count). The van der Waals surface area contributed by atoms with Gasteiger partial charge in [-0.2, -0.15) is 0 Å². The van der Waals surface area contributed by atoms with Crippen molar-refractivity contribution in [1.29, 1.82) is 0 Å². The minimum atomic E-state index is -5.31. The van der Waals surface area contributed by atoms with Gasteiger partial charge in [-0.05, 0) is 29.8 Å². The Morgan fingerprint density at radius 2 is 1.95 bits per heavy atom. The molecule has 20 heavy (non-hydrogen) atoms. The first-order valence-electron chi connectivity index (χ1n) is 5.98. The zero-order valence-electron chi connectivity index (χ0n) is 10.4. The molecule has 0 spiro atoms. The molecule has 1 heterocycles. The molecule has 1 aromatic carbocycles. The predicted molar refractivity (Wildman–Crippen MR) is 68.5 cm³/mol. The fourth-order valence-corrected chi connectivity index (χ4v) is 1.73. The van der Waals surface area contributed by atoms with Crippen molar-refractivity contribution in [3.05, 3.63) is 54.1 Å². The van der Waals surface area contributed by atoms with Crippen molar-refractivity contribution in [2.45, 2.75) is 6.42 Å². The Bertz CT molecular complexity index is 574. The summed E-state index contributed by atoms with van der Waals surface area (Å²) in [6.45, 7) is -5.24. The van der Waals surface area contributed by atoms with Crippen molar-refractivity contribution in [1.82, 2.24) is 4.98 Å². The van der Waals surface area contributed by atoms with Crippen LogP contribution in [0.25, 0.3) is 0 Å². The average Bonchev–Trinajstić information content (AvgIpc) is 2.40. The molecule has 0 saturated carbocycles.